The van der Waals surface area contributed by atoms with Crippen LogP contribution < -0.4 is 15.4 Å². The van der Waals surface area contributed by atoms with Gasteiger partial charge in [-0.15, -0.1) is 0 Å². The number of urea groups is 1. The van der Waals surface area contributed by atoms with Crippen LogP contribution in [-0.4, -0.2) is 12.8 Å². The van der Waals surface area contributed by atoms with Crippen LogP contribution in [0.4, 0.5) is 10.5 Å². The average Bonchev–Trinajstić information content (AvgIpc) is 2.61. The third kappa shape index (κ3) is 3.74. The van der Waals surface area contributed by atoms with E-state index in [1.807, 2.05) is 69.3 Å². The summed E-state index contributed by atoms with van der Waals surface area (Å²) < 4.78 is 5.77. The molecule has 25 heavy (non-hydrogen) atoms. The van der Waals surface area contributed by atoms with Gasteiger partial charge in [0.1, 0.15) is 5.75 Å². The molecule has 0 fully saturated rings. The maximum atomic E-state index is 12.2. The fraction of sp³-hybridized carbons (Fsp3) is 0.190. The Morgan fingerprint density at radius 3 is 2.48 bits per heavy atom. The second-order valence-electron chi connectivity index (χ2n) is 6.10. The number of benzene rings is 3. The smallest absolute Gasteiger partial charge is 0.321 e. The summed E-state index contributed by atoms with van der Waals surface area (Å²) in [7, 11) is 0. The summed E-state index contributed by atoms with van der Waals surface area (Å²) in [6.45, 7) is 6.18. The van der Waals surface area contributed by atoms with Gasteiger partial charge in [0.15, 0.2) is 6.73 Å². The van der Waals surface area contributed by atoms with Gasteiger partial charge in [0.25, 0.3) is 0 Å². The molecule has 2 amide bonds. The molecule has 0 unspecified atom stereocenters. The van der Waals surface area contributed by atoms with Crippen molar-refractivity contribution in [2.24, 2.45) is 0 Å². The van der Waals surface area contributed by atoms with E-state index in [1.165, 1.54) is 5.56 Å². The van der Waals surface area contributed by atoms with Gasteiger partial charge >= 0.3 is 6.03 Å². The van der Waals surface area contributed by atoms with Gasteiger partial charge in [-0.25, -0.2) is 4.79 Å². The first-order chi connectivity index (χ1) is 12.1. The molecule has 0 saturated carbocycles. The van der Waals surface area contributed by atoms with Gasteiger partial charge in [-0.1, -0.05) is 48.5 Å². The van der Waals surface area contributed by atoms with E-state index in [2.05, 4.69) is 16.7 Å². The molecule has 0 aliphatic heterocycles. The predicted molar refractivity (Wildman–Crippen MR) is 102 cm³/mol. The molecule has 0 atom stereocenters. The molecule has 4 nitrogen and oxygen atoms in total. The number of amides is 2. The molecular weight excluding hydrogens is 312 g/mol. The van der Waals surface area contributed by atoms with Crippen molar-refractivity contribution in [3.05, 3.63) is 71.3 Å². The lowest BCUT2D eigenvalue weighted by Gasteiger charge is -2.15. The Bertz CT molecular complexity index is 914. The van der Waals surface area contributed by atoms with E-state index in [0.29, 0.717) is 0 Å². The SMILES string of the molecule is Cc1ccc(C)c(OCNC(=O)Nc2cccc3ccccc23)c1C. The maximum Gasteiger partial charge on any atom is 0.321 e. The van der Waals surface area contributed by atoms with Crippen LogP contribution in [-0.2, 0) is 0 Å². The molecule has 3 aromatic rings. The third-order valence-electron chi connectivity index (χ3n) is 4.36. The standard InChI is InChI=1S/C21H22N2O2/c1-14-11-12-15(2)20(16(14)3)25-13-22-21(24)23-19-10-6-8-17-7-4-5-9-18(17)19/h4-12H,13H2,1-3H3,(H2,22,23,24). The number of fused-ring (bicyclic) bond motifs is 1. The highest BCUT2D eigenvalue weighted by Crippen LogP contribution is 2.25. The van der Waals surface area contributed by atoms with Gasteiger partial charge in [-0.3, -0.25) is 0 Å². The Balaban J connectivity index is 1.63. The van der Waals surface area contributed by atoms with Crippen molar-refractivity contribution in [1.29, 1.82) is 0 Å². The van der Waals surface area contributed by atoms with Crippen molar-refractivity contribution in [1.82, 2.24) is 5.32 Å². The first kappa shape index (κ1) is 16.8. The summed E-state index contributed by atoms with van der Waals surface area (Å²) in [6, 6.07) is 17.6. The second-order valence-corrected chi connectivity index (χ2v) is 6.10. The van der Waals surface area contributed by atoms with Crippen LogP contribution in [0.5, 0.6) is 5.75 Å². The Morgan fingerprint density at radius 2 is 1.64 bits per heavy atom. The minimum absolute atomic E-state index is 0.113. The topological polar surface area (TPSA) is 50.4 Å². The first-order valence-corrected chi connectivity index (χ1v) is 8.28. The molecule has 0 saturated heterocycles. The largest absolute Gasteiger partial charge is 0.473 e. The van der Waals surface area contributed by atoms with Crippen molar-refractivity contribution < 1.29 is 9.53 Å². The first-order valence-electron chi connectivity index (χ1n) is 8.28. The fourth-order valence-corrected chi connectivity index (χ4v) is 2.82. The van der Waals surface area contributed by atoms with Crippen molar-refractivity contribution in [3.8, 4) is 5.75 Å². The van der Waals surface area contributed by atoms with Crippen molar-refractivity contribution in [3.63, 3.8) is 0 Å². The summed E-state index contributed by atoms with van der Waals surface area (Å²) in [5.74, 6) is 0.825. The summed E-state index contributed by atoms with van der Waals surface area (Å²) in [6.07, 6.45) is 0. The molecule has 0 spiro atoms. The van der Waals surface area contributed by atoms with E-state index in [4.69, 9.17) is 4.74 Å². The van der Waals surface area contributed by atoms with Gasteiger partial charge in [0.05, 0.1) is 5.69 Å². The molecule has 0 aliphatic carbocycles. The van der Waals surface area contributed by atoms with E-state index in [0.717, 1.165) is 33.3 Å². The molecule has 0 aliphatic rings. The van der Waals surface area contributed by atoms with E-state index >= 15 is 0 Å². The van der Waals surface area contributed by atoms with Gasteiger partial charge in [0.2, 0.25) is 0 Å². The summed E-state index contributed by atoms with van der Waals surface area (Å²) >= 11 is 0. The quantitative estimate of drug-likeness (QED) is 0.665. The van der Waals surface area contributed by atoms with Crippen molar-refractivity contribution in [2.75, 3.05) is 12.0 Å². The highest BCUT2D eigenvalue weighted by Gasteiger charge is 2.08. The Morgan fingerprint density at radius 1 is 0.920 bits per heavy atom. The number of aryl methyl sites for hydroxylation is 2. The Hall–Kier alpha value is -3.01. The summed E-state index contributed by atoms with van der Waals surface area (Å²) in [5.41, 5.74) is 4.09. The normalized spacial score (nSPS) is 10.5. The highest BCUT2D eigenvalue weighted by atomic mass is 16.5. The Labute approximate surface area is 147 Å². The monoisotopic (exact) mass is 334 g/mol. The van der Waals surface area contributed by atoms with Crippen LogP contribution in [0.25, 0.3) is 10.8 Å². The number of carbonyl (C=O) groups excluding carboxylic acids is 1. The summed E-state index contributed by atoms with van der Waals surface area (Å²) in [4.78, 5) is 12.2. The molecule has 0 aromatic heterocycles. The molecule has 4 heteroatoms. The van der Waals surface area contributed by atoms with Crippen molar-refractivity contribution in [2.45, 2.75) is 20.8 Å². The van der Waals surface area contributed by atoms with Crippen LogP contribution in [0.15, 0.2) is 54.6 Å². The lowest BCUT2D eigenvalue weighted by Crippen LogP contribution is -2.32. The molecule has 0 radical (unpaired) electrons. The molecule has 2 N–H and O–H groups in total. The lowest BCUT2D eigenvalue weighted by molar-refractivity contribution is 0.234. The highest BCUT2D eigenvalue weighted by molar-refractivity contribution is 6.01. The predicted octanol–water partition coefficient (Wildman–Crippen LogP) is 4.92. The molecule has 0 bridgehead atoms. The van der Waals surface area contributed by atoms with Crippen LogP contribution in [0.2, 0.25) is 0 Å². The lowest BCUT2D eigenvalue weighted by atomic mass is 10.1. The minimum atomic E-state index is -0.292. The van der Waals surface area contributed by atoms with E-state index in [9.17, 15) is 4.79 Å². The van der Waals surface area contributed by atoms with E-state index < -0.39 is 0 Å². The second kappa shape index (κ2) is 7.26. The summed E-state index contributed by atoms with van der Waals surface area (Å²) in [5, 5.41) is 7.72. The molecule has 0 heterocycles. The third-order valence-corrected chi connectivity index (χ3v) is 4.36. The number of nitrogens with one attached hydrogen (secondary N) is 2. The van der Waals surface area contributed by atoms with Gasteiger partial charge in [0, 0.05) is 5.39 Å². The maximum absolute atomic E-state index is 12.2. The van der Waals surface area contributed by atoms with E-state index in [-0.39, 0.29) is 12.8 Å². The minimum Gasteiger partial charge on any atom is -0.473 e. The van der Waals surface area contributed by atoms with Gasteiger partial charge in [-0.05, 0) is 48.9 Å². The molecule has 128 valence electrons. The van der Waals surface area contributed by atoms with Gasteiger partial charge in [-0.2, -0.15) is 0 Å². The van der Waals surface area contributed by atoms with E-state index in [1.54, 1.807) is 0 Å². The van der Waals surface area contributed by atoms with Crippen LogP contribution in [0, 0.1) is 20.8 Å². The van der Waals surface area contributed by atoms with Crippen LogP contribution >= 0.6 is 0 Å². The average molecular weight is 334 g/mol. The number of ether oxygens (including phenoxy) is 1. The molecule has 3 rings (SSSR count). The van der Waals surface area contributed by atoms with Crippen LogP contribution in [0.1, 0.15) is 16.7 Å². The zero-order chi connectivity index (χ0) is 17.8. The number of anilines is 1. The van der Waals surface area contributed by atoms with Gasteiger partial charge < -0.3 is 15.4 Å². The number of rotatable bonds is 4. The molecule has 3 aromatic carbocycles. The fourth-order valence-electron chi connectivity index (χ4n) is 2.82. The number of hydrogen-bond donors (Lipinski definition) is 2. The van der Waals surface area contributed by atoms with Crippen molar-refractivity contribution >= 4 is 22.5 Å². The zero-order valence-electron chi connectivity index (χ0n) is 14.7. The number of carbonyl (C=O) groups is 1. The Kier molecular flexibility index (Phi) is 4.89. The van der Waals surface area contributed by atoms with Crippen LogP contribution in [0.3, 0.4) is 0 Å². The number of hydrogen-bond acceptors (Lipinski definition) is 2. The zero-order valence-corrected chi connectivity index (χ0v) is 14.7. The molecular formula is C21H22N2O2.